The van der Waals surface area contributed by atoms with Crippen LogP contribution in [0.5, 0.6) is 0 Å². The van der Waals surface area contributed by atoms with E-state index in [0.29, 0.717) is 34.5 Å². The molecule has 2 amide bonds. The minimum atomic E-state index is -1.12. The molecular weight excluding hydrogens is 458 g/mol. The van der Waals surface area contributed by atoms with Gasteiger partial charge in [0, 0.05) is 16.8 Å². The predicted molar refractivity (Wildman–Crippen MR) is 135 cm³/mol. The number of aromatic nitrogens is 3. The van der Waals surface area contributed by atoms with E-state index >= 15 is 0 Å². The number of amides is 2. The van der Waals surface area contributed by atoms with E-state index in [9.17, 15) is 14.4 Å². The van der Waals surface area contributed by atoms with Gasteiger partial charge in [-0.1, -0.05) is 36.4 Å². The number of rotatable bonds is 9. The van der Waals surface area contributed by atoms with Crippen molar-refractivity contribution in [2.45, 2.75) is 52.2 Å². The Morgan fingerprint density at radius 2 is 1.86 bits per heavy atom. The van der Waals surface area contributed by atoms with Crippen molar-refractivity contribution < 1.29 is 18.8 Å². The Bertz CT molecular complexity index is 1390. The fraction of sp³-hybridized carbons (Fsp3) is 0.296. The van der Waals surface area contributed by atoms with Gasteiger partial charge in [-0.3, -0.25) is 19.3 Å². The van der Waals surface area contributed by atoms with Crippen molar-refractivity contribution in [1.82, 2.24) is 20.3 Å². The van der Waals surface area contributed by atoms with Crippen LogP contribution >= 0.6 is 0 Å². The van der Waals surface area contributed by atoms with Crippen LogP contribution in [0.2, 0.25) is 0 Å². The summed E-state index contributed by atoms with van der Waals surface area (Å²) in [4.78, 5) is 41.1. The monoisotopic (exact) mass is 487 g/mol. The predicted octanol–water partition coefficient (Wildman–Crippen LogP) is 4.31. The number of hydrogen-bond donors (Lipinski definition) is 1. The fourth-order valence-electron chi connectivity index (χ4n) is 3.86. The molecule has 0 spiro atoms. The zero-order valence-corrected chi connectivity index (χ0v) is 20.8. The van der Waals surface area contributed by atoms with Gasteiger partial charge >= 0.3 is 0 Å². The molecule has 0 radical (unpaired) electrons. The third-order valence-corrected chi connectivity index (χ3v) is 6.17. The van der Waals surface area contributed by atoms with E-state index in [-0.39, 0.29) is 12.3 Å². The first kappa shape index (κ1) is 24.8. The van der Waals surface area contributed by atoms with Gasteiger partial charge in [0.2, 0.25) is 5.91 Å². The molecule has 9 nitrogen and oxygen atoms in total. The average molecular weight is 488 g/mol. The highest BCUT2D eigenvalue weighted by atomic mass is 16.3. The molecule has 0 bridgehead atoms. The summed E-state index contributed by atoms with van der Waals surface area (Å²) in [6.07, 6.45) is 2.14. The van der Waals surface area contributed by atoms with Crippen LogP contribution in [-0.4, -0.2) is 38.1 Å². The van der Waals surface area contributed by atoms with Crippen LogP contribution in [0.15, 0.2) is 71.3 Å². The number of ketones is 1. The number of carbonyl (C=O) groups is 3. The summed E-state index contributed by atoms with van der Waals surface area (Å²) < 4.78 is 7.14. The van der Waals surface area contributed by atoms with Crippen molar-refractivity contribution in [3.63, 3.8) is 0 Å². The topological polar surface area (TPSA) is 110 Å². The second kappa shape index (κ2) is 10.2. The number of hydrogen-bond acceptors (Lipinski definition) is 6. The fourth-order valence-corrected chi connectivity index (χ4v) is 3.86. The van der Waals surface area contributed by atoms with Crippen LogP contribution in [-0.2, 0) is 16.1 Å². The summed E-state index contributed by atoms with van der Waals surface area (Å²) in [6, 6.07) is 16.2. The van der Waals surface area contributed by atoms with E-state index in [0.717, 1.165) is 0 Å². The zero-order valence-electron chi connectivity index (χ0n) is 20.8. The number of Topliss-reactive ketones (excluding diaryl/α,β-unsaturated/α-hetero) is 1. The summed E-state index contributed by atoms with van der Waals surface area (Å²) >= 11 is 0. The van der Waals surface area contributed by atoms with Crippen LogP contribution < -0.4 is 10.2 Å². The van der Waals surface area contributed by atoms with Crippen LogP contribution in [0.3, 0.4) is 0 Å². The minimum absolute atomic E-state index is 0.155. The highest BCUT2D eigenvalue weighted by Crippen LogP contribution is 2.30. The molecule has 1 N–H and O–H groups in total. The largest absolute Gasteiger partial charge is 0.467 e. The van der Waals surface area contributed by atoms with E-state index in [1.807, 2.05) is 45.0 Å². The first-order valence-electron chi connectivity index (χ1n) is 11.8. The van der Waals surface area contributed by atoms with E-state index in [4.69, 9.17) is 4.42 Å². The SMILES string of the molecule is CCC(C)(C)NC(=O)[C@H](c1ccco1)N(C(=O)Cn1nnc2ccccc21)c1cccc(C(C)=O)c1. The maximum atomic E-state index is 13.9. The van der Waals surface area contributed by atoms with Gasteiger partial charge in [-0.2, -0.15) is 0 Å². The minimum Gasteiger partial charge on any atom is -0.467 e. The van der Waals surface area contributed by atoms with Crippen LogP contribution in [0.25, 0.3) is 11.0 Å². The Labute approximate surface area is 209 Å². The molecule has 4 rings (SSSR count). The molecule has 4 aromatic rings. The number of para-hydroxylation sites is 1. The standard InChI is InChI=1S/C27H29N5O4/c1-5-27(3,4)28-26(35)25(23-14-9-15-36-23)32(20-11-8-10-19(16-20)18(2)33)24(34)17-31-22-13-7-6-12-21(22)29-30-31/h6-16,25H,5,17H2,1-4H3,(H,28,35)/t25-/m0/s1. The smallest absolute Gasteiger partial charge is 0.251 e. The number of benzene rings is 2. The zero-order chi connectivity index (χ0) is 25.9. The molecule has 0 fully saturated rings. The molecule has 2 heterocycles. The van der Waals surface area contributed by atoms with E-state index in [1.54, 1.807) is 36.4 Å². The molecule has 2 aromatic heterocycles. The number of nitrogens with one attached hydrogen (secondary N) is 1. The van der Waals surface area contributed by atoms with Crippen molar-refractivity contribution in [2.24, 2.45) is 0 Å². The summed E-state index contributed by atoms with van der Waals surface area (Å²) in [5.41, 5.74) is 1.64. The quantitative estimate of drug-likeness (QED) is 0.352. The number of carbonyl (C=O) groups excluding carboxylic acids is 3. The van der Waals surface area contributed by atoms with Crippen molar-refractivity contribution in [2.75, 3.05) is 4.90 Å². The normalized spacial score (nSPS) is 12.3. The second-order valence-corrected chi connectivity index (χ2v) is 9.25. The van der Waals surface area contributed by atoms with E-state index < -0.39 is 23.4 Å². The average Bonchev–Trinajstić information content (AvgIpc) is 3.52. The number of fused-ring (bicyclic) bond motifs is 1. The van der Waals surface area contributed by atoms with Gasteiger partial charge in [-0.25, -0.2) is 4.68 Å². The first-order chi connectivity index (χ1) is 17.2. The molecule has 0 unspecified atom stereocenters. The molecule has 0 saturated heterocycles. The lowest BCUT2D eigenvalue weighted by molar-refractivity contribution is -0.128. The third-order valence-electron chi connectivity index (χ3n) is 6.17. The molecule has 0 aliphatic heterocycles. The van der Waals surface area contributed by atoms with Crippen LogP contribution in [0.4, 0.5) is 5.69 Å². The Hall–Kier alpha value is -4.27. The second-order valence-electron chi connectivity index (χ2n) is 9.25. The number of nitrogens with zero attached hydrogens (tertiary/aromatic N) is 4. The lowest BCUT2D eigenvalue weighted by Crippen LogP contribution is -2.51. The molecule has 0 aliphatic carbocycles. The van der Waals surface area contributed by atoms with Gasteiger partial charge in [-0.05, 0) is 63.6 Å². The summed E-state index contributed by atoms with van der Waals surface area (Å²) in [6.45, 7) is 7.07. The Morgan fingerprint density at radius 1 is 1.08 bits per heavy atom. The summed E-state index contributed by atoms with van der Waals surface area (Å²) in [5.74, 6) is -0.680. The molecule has 1 atom stereocenters. The van der Waals surface area contributed by atoms with Gasteiger partial charge in [0.05, 0.1) is 11.8 Å². The lowest BCUT2D eigenvalue weighted by atomic mass is 10.00. The molecule has 186 valence electrons. The molecule has 0 saturated carbocycles. The van der Waals surface area contributed by atoms with E-state index in [2.05, 4.69) is 15.6 Å². The van der Waals surface area contributed by atoms with Crippen molar-refractivity contribution in [1.29, 1.82) is 0 Å². The van der Waals surface area contributed by atoms with Gasteiger partial charge in [-0.15, -0.1) is 5.10 Å². The number of anilines is 1. The Balaban J connectivity index is 1.82. The van der Waals surface area contributed by atoms with Crippen molar-refractivity contribution in [3.05, 3.63) is 78.3 Å². The third kappa shape index (κ3) is 5.19. The van der Waals surface area contributed by atoms with Crippen molar-refractivity contribution in [3.8, 4) is 0 Å². The molecule has 36 heavy (non-hydrogen) atoms. The molecule has 9 heteroatoms. The Morgan fingerprint density at radius 3 is 2.56 bits per heavy atom. The van der Waals surface area contributed by atoms with Crippen molar-refractivity contribution >= 4 is 34.3 Å². The molecule has 2 aromatic carbocycles. The lowest BCUT2D eigenvalue weighted by Gasteiger charge is -2.33. The van der Waals surface area contributed by atoms with Gasteiger partial charge in [0.15, 0.2) is 11.8 Å². The molecule has 0 aliphatic rings. The summed E-state index contributed by atoms with van der Waals surface area (Å²) in [7, 11) is 0. The number of furan rings is 1. The maximum Gasteiger partial charge on any atom is 0.251 e. The highest BCUT2D eigenvalue weighted by molar-refractivity contribution is 6.03. The molecular formula is C27H29N5O4. The Kier molecular flexibility index (Phi) is 7.00. The summed E-state index contributed by atoms with van der Waals surface area (Å²) in [5, 5.41) is 11.3. The van der Waals surface area contributed by atoms with Crippen LogP contribution in [0.1, 0.15) is 56.3 Å². The maximum absolute atomic E-state index is 13.9. The van der Waals surface area contributed by atoms with Gasteiger partial charge in [0.25, 0.3) is 5.91 Å². The van der Waals surface area contributed by atoms with E-state index in [1.165, 1.54) is 22.8 Å². The van der Waals surface area contributed by atoms with Gasteiger partial charge < -0.3 is 9.73 Å². The highest BCUT2D eigenvalue weighted by Gasteiger charge is 2.37. The van der Waals surface area contributed by atoms with Crippen LogP contribution in [0, 0.1) is 0 Å². The first-order valence-corrected chi connectivity index (χ1v) is 11.8. The van der Waals surface area contributed by atoms with Gasteiger partial charge in [0.1, 0.15) is 17.8 Å².